The summed E-state index contributed by atoms with van der Waals surface area (Å²) in [6.07, 6.45) is 0. The molecule has 2 aromatic heterocycles. The summed E-state index contributed by atoms with van der Waals surface area (Å²) in [5.41, 5.74) is 1.32. The van der Waals surface area contributed by atoms with Gasteiger partial charge in [0.25, 0.3) is 5.22 Å². The van der Waals surface area contributed by atoms with Crippen LogP contribution in [-0.4, -0.2) is 34.6 Å². The average Bonchev–Trinajstić information content (AvgIpc) is 3.42. The van der Waals surface area contributed by atoms with Crippen LogP contribution in [0.2, 0.25) is 0 Å². The van der Waals surface area contributed by atoms with E-state index in [9.17, 15) is 4.39 Å². The fraction of sp³-hybridized carbons (Fsp3) is 0.158. The fourth-order valence-electron chi connectivity index (χ4n) is 2.46. The second-order valence-corrected chi connectivity index (χ2v) is 6.70. The van der Waals surface area contributed by atoms with Crippen LogP contribution in [0.3, 0.4) is 0 Å². The highest BCUT2D eigenvalue weighted by Gasteiger charge is 2.14. The number of methoxy groups -OCH3 is 2. The van der Waals surface area contributed by atoms with Gasteiger partial charge in [-0.15, -0.1) is 20.4 Å². The van der Waals surface area contributed by atoms with E-state index in [2.05, 4.69) is 20.4 Å². The first kappa shape index (κ1) is 18.9. The predicted octanol–water partition coefficient (Wildman–Crippen LogP) is 4.24. The van der Waals surface area contributed by atoms with Crippen molar-refractivity contribution in [2.45, 2.75) is 11.0 Å². The minimum Gasteiger partial charge on any atom is -0.497 e. The summed E-state index contributed by atoms with van der Waals surface area (Å²) in [6.45, 7) is 0. The third-order valence-corrected chi connectivity index (χ3v) is 4.69. The van der Waals surface area contributed by atoms with Crippen LogP contribution >= 0.6 is 11.8 Å². The summed E-state index contributed by atoms with van der Waals surface area (Å²) in [5.74, 6) is 2.29. The van der Waals surface area contributed by atoms with Crippen molar-refractivity contribution in [2.24, 2.45) is 0 Å². The van der Waals surface area contributed by atoms with Gasteiger partial charge in [-0.05, 0) is 36.4 Å². The first-order valence-corrected chi connectivity index (χ1v) is 9.41. The van der Waals surface area contributed by atoms with E-state index >= 15 is 0 Å². The quantitative estimate of drug-likeness (QED) is 0.411. The van der Waals surface area contributed by atoms with E-state index in [0.717, 1.165) is 0 Å². The lowest BCUT2D eigenvalue weighted by atomic mass is 10.2. The van der Waals surface area contributed by atoms with Crippen LogP contribution in [0.25, 0.3) is 22.9 Å². The molecule has 8 nitrogen and oxygen atoms in total. The molecule has 0 radical (unpaired) electrons. The average molecular weight is 414 g/mol. The number of nitrogens with zero attached hydrogens (tertiary/aromatic N) is 4. The largest absolute Gasteiger partial charge is 0.497 e. The summed E-state index contributed by atoms with van der Waals surface area (Å²) in [4.78, 5) is 0. The zero-order valence-corrected chi connectivity index (χ0v) is 16.3. The molecular weight excluding hydrogens is 399 g/mol. The Kier molecular flexibility index (Phi) is 5.43. The molecule has 0 bridgehead atoms. The lowest BCUT2D eigenvalue weighted by Gasteiger charge is -2.05. The first-order chi connectivity index (χ1) is 14.1. The molecule has 0 aliphatic carbocycles. The third-order valence-electron chi connectivity index (χ3n) is 3.88. The Balaban J connectivity index is 1.44. The molecule has 4 rings (SSSR count). The van der Waals surface area contributed by atoms with Crippen LogP contribution in [0.5, 0.6) is 11.5 Å². The van der Waals surface area contributed by atoms with Crippen LogP contribution in [0.4, 0.5) is 4.39 Å². The molecule has 0 atom stereocenters. The standard InChI is InChI=1S/C19H15FN4O4S/c1-25-14-7-12(8-15(9-14)26-2)18-23-24-19(28-18)29-10-16-21-22-17(27-16)11-3-5-13(20)6-4-11/h3-9H,10H2,1-2H3. The van der Waals surface area contributed by atoms with Crippen molar-refractivity contribution in [3.05, 3.63) is 54.2 Å². The van der Waals surface area contributed by atoms with Gasteiger partial charge < -0.3 is 18.3 Å². The molecule has 148 valence electrons. The number of rotatable bonds is 7. The Morgan fingerprint density at radius 3 is 2.17 bits per heavy atom. The summed E-state index contributed by atoms with van der Waals surface area (Å²) in [5, 5.41) is 16.4. The molecule has 0 saturated heterocycles. The van der Waals surface area contributed by atoms with Crippen LogP contribution in [0, 0.1) is 5.82 Å². The highest BCUT2D eigenvalue weighted by Crippen LogP contribution is 2.31. The summed E-state index contributed by atoms with van der Waals surface area (Å²) in [6, 6.07) is 11.1. The van der Waals surface area contributed by atoms with Gasteiger partial charge in [0.15, 0.2) is 0 Å². The van der Waals surface area contributed by atoms with Crippen LogP contribution < -0.4 is 9.47 Å². The van der Waals surface area contributed by atoms with Crippen molar-refractivity contribution in [2.75, 3.05) is 14.2 Å². The maximum absolute atomic E-state index is 13.0. The van der Waals surface area contributed by atoms with E-state index in [4.69, 9.17) is 18.3 Å². The zero-order chi connectivity index (χ0) is 20.2. The topological polar surface area (TPSA) is 96.3 Å². The molecular formula is C19H15FN4O4S. The number of aromatic nitrogens is 4. The van der Waals surface area contributed by atoms with E-state index in [1.165, 1.54) is 23.9 Å². The molecule has 2 aromatic carbocycles. The third kappa shape index (κ3) is 4.37. The molecule has 0 N–H and O–H groups in total. The number of ether oxygens (including phenoxy) is 2. The van der Waals surface area contributed by atoms with Crippen molar-refractivity contribution in [1.82, 2.24) is 20.4 Å². The second-order valence-electron chi connectivity index (χ2n) is 5.77. The fourth-order valence-corrected chi connectivity index (χ4v) is 3.06. The summed E-state index contributed by atoms with van der Waals surface area (Å²) in [7, 11) is 3.14. The van der Waals surface area contributed by atoms with Gasteiger partial charge in [0, 0.05) is 17.2 Å². The normalized spacial score (nSPS) is 10.9. The Labute approximate surface area is 169 Å². The number of hydrogen-bond acceptors (Lipinski definition) is 9. The lowest BCUT2D eigenvalue weighted by molar-refractivity contribution is 0.394. The molecule has 0 amide bonds. The monoisotopic (exact) mass is 414 g/mol. The first-order valence-electron chi connectivity index (χ1n) is 8.42. The Morgan fingerprint density at radius 1 is 0.828 bits per heavy atom. The van der Waals surface area contributed by atoms with E-state index in [0.29, 0.717) is 51.3 Å². The van der Waals surface area contributed by atoms with E-state index in [1.807, 2.05) is 0 Å². The molecule has 2 heterocycles. The summed E-state index contributed by atoms with van der Waals surface area (Å²) < 4.78 is 34.8. The van der Waals surface area contributed by atoms with Crippen molar-refractivity contribution >= 4 is 11.8 Å². The summed E-state index contributed by atoms with van der Waals surface area (Å²) >= 11 is 1.26. The lowest BCUT2D eigenvalue weighted by Crippen LogP contribution is -1.88. The molecule has 29 heavy (non-hydrogen) atoms. The minimum absolute atomic E-state index is 0.315. The second kappa shape index (κ2) is 8.31. The number of thioether (sulfide) groups is 1. The molecule has 0 aliphatic rings. The number of benzene rings is 2. The molecule has 0 saturated carbocycles. The van der Waals surface area contributed by atoms with E-state index in [-0.39, 0.29) is 5.82 Å². The SMILES string of the molecule is COc1cc(OC)cc(-c2nnc(SCc3nnc(-c4ccc(F)cc4)o3)o2)c1. The van der Waals surface area contributed by atoms with Crippen molar-refractivity contribution in [3.8, 4) is 34.4 Å². The minimum atomic E-state index is -0.329. The van der Waals surface area contributed by atoms with Gasteiger partial charge in [-0.2, -0.15) is 0 Å². The molecule has 0 unspecified atom stereocenters. The van der Waals surface area contributed by atoms with Crippen LogP contribution in [0.1, 0.15) is 5.89 Å². The van der Waals surface area contributed by atoms with E-state index < -0.39 is 0 Å². The smallest absolute Gasteiger partial charge is 0.277 e. The Hall–Kier alpha value is -3.40. The zero-order valence-electron chi connectivity index (χ0n) is 15.5. The van der Waals surface area contributed by atoms with Crippen LogP contribution in [-0.2, 0) is 5.75 Å². The van der Waals surface area contributed by atoms with Gasteiger partial charge >= 0.3 is 0 Å². The van der Waals surface area contributed by atoms with Gasteiger partial charge in [0.2, 0.25) is 17.7 Å². The van der Waals surface area contributed by atoms with Crippen molar-refractivity contribution in [3.63, 3.8) is 0 Å². The Bertz CT molecular complexity index is 1090. The predicted molar refractivity (Wildman–Crippen MR) is 102 cm³/mol. The van der Waals surface area contributed by atoms with Crippen LogP contribution in [0.15, 0.2) is 56.5 Å². The molecule has 0 aliphatic heterocycles. The van der Waals surface area contributed by atoms with Gasteiger partial charge in [-0.3, -0.25) is 0 Å². The maximum Gasteiger partial charge on any atom is 0.277 e. The van der Waals surface area contributed by atoms with E-state index in [1.54, 1.807) is 44.6 Å². The maximum atomic E-state index is 13.0. The van der Waals surface area contributed by atoms with Gasteiger partial charge in [0.1, 0.15) is 17.3 Å². The highest BCUT2D eigenvalue weighted by atomic mass is 32.2. The van der Waals surface area contributed by atoms with Crippen molar-refractivity contribution in [1.29, 1.82) is 0 Å². The van der Waals surface area contributed by atoms with Crippen molar-refractivity contribution < 1.29 is 22.7 Å². The molecule has 0 fully saturated rings. The molecule has 0 spiro atoms. The Morgan fingerprint density at radius 2 is 1.48 bits per heavy atom. The highest BCUT2D eigenvalue weighted by molar-refractivity contribution is 7.98. The number of hydrogen-bond donors (Lipinski definition) is 0. The molecule has 10 heteroatoms. The van der Waals surface area contributed by atoms with Gasteiger partial charge in [0.05, 0.1) is 20.0 Å². The molecule has 4 aromatic rings. The van der Waals surface area contributed by atoms with Gasteiger partial charge in [-0.1, -0.05) is 11.8 Å². The number of halogens is 1. The van der Waals surface area contributed by atoms with Gasteiger partial charge in [-0.25, -0.2) is 4.39 Å².